The number of nitrogens with zero attached hydrogens (tertiary/aromatic N) is 2. The average Bonchev–Trinajstić information content (AvgIpc) is 2.94. The van der Waals surface area contributed by atoms with E-state index < -0.39 is 0 Å². The van der Waals surface area contributed by atoms with Gasteiger partial charge in [-0.05, 0) is 30.7 Å². The molecule has 0 radical (unpaired) electrons. The number of aromatic nitrogens is 1. The van der Waals surface area contributed by atoms with Crippen LogP contribution in [0.1, 0.15) is 25.8 Å². The third-order valence-electron chi connectivity index (χ3n) is 4.29. The van der Waals surface area contributed by atoms with Crippen LogP contribution in [0.4, 0.5) is 5.69 Å². The zero-order valence-corrected chi connectivity index (χ0v) is 15.2. The van der Waals surface area contributed by atoms with E-state index >= 15 is 0 Å². The number of anilines is 1. The third kappa shape index (κ3) is 3.14. The van der Waals surface area contributed by atoms with Crippen molar-refractivity contribution in [1.82, 2.24) is 4.57 Å². The summed E-state index contributed by atoms with van der Waals surface area (Å²) in [4.78, 5) is 11.4. The maximum absolute atomic E-state index is 11.4. The molecule has 0 saturated heterocycles. The molecular formula is C21H21N3O2. The predicted molar refractivity (Wildman–Crippen MR) is 103 cm³/mol. The molecule has 1 amide bonds. The van der Waals surface area contributed by atoms with Gasteiger partial charge in [0.25, 0.3) is 0 Å². The van der Waals surface area contributed by atoms with E-state index in [9.17, 15) is 10.1 Å². The Morgan fingerprint density at radius 1 is 1.27 bits per heavy atom. The van der Waals surface area contributed by atoms with Crippen LogP contribution in [0.3, 0.4) is 0 Å². The van der Waals surface area contributed by atoms with Crippen molar-refractivity contribution < 1.29 is 9.53 Å². The van der Waals surface area contributed by atoms with Crippen molar-refractivity contribution >= 4 is 22.5 Å². The minimum atomic E-state index is -0.124. The number of nitriles is 1. The van der Waals surface area contributed by atoms with Crippen LogP contribution in [0.15, 0.2) is 42.5 Å². The van der Waals surface area contributed by atoms with Gasteiger partial charge in [-0.3, -0.25) is 4.79 Å². The van der Waals surface area contributed by atoms with E-state index in [0.29, 0.717) is 11.3 Å². The van der Waals surface area contributed by atoms with E-state index in [1.807, 2.05) is 42.5 Å². The van der Waals surface area contributed by atoms with Gasteiger partial charge in [0.1, 0.15) is 11.8 Å². The quantitative estimate of drug-likeness (QED) is 0.736. The summed E-state index contributed by atoms with van der Waals surface area (Å²) in [5.41, 5.74) is 4.09. The van der Waals surface area contributed by atoms with Crippen molar-refractivity contribution in [2.24, 2.45) is 0 Å². The van der Waals surface area contributed by atoms with Crippen LogP contribution < -0.4 is 10.1 Å². The standard InChI is InChI=1S/C21H21N3O2/c1-4-10-24-20-12-17(26-3)8-9-18(20)19(13-22)21(24)15-6-5-7-16(11-15)23-14(2)25/h5-9,11-12H,4,10H2,1-3H3,(H,23,25). The van der Waals surface area contributed by atoms with Gasteiger partial charge < -0.3 is 14.6 Å². The summed E-state index contributed by atoms with van der Waals surface area (Å²) in [5.74, 6) is 0.636. The Morgan fingerprint density at radius 3 is 2.73 bits per heavy atom. The number of amides is 1. The number of methoxy groups -OCH3 is 1. The normalized spacial score (nSPS) is 10.5. The molecule has 26 heavy (non-hydrogen) atoms. The number of benzene rings is 2. The summed E-state index contributed by atoms with van der Waals surface area (Å²) in [6.45, 7) is 4.37. The summed E-state index contributed by atoms with van der Waals surface area (Å²) < 4.78 is 7.52. The van der Waals surface area contributed by atoms with Gasteiger partial charge >= 0.3 is 0 Å². The lowest BCUT2D eigenvalue weighted by Gasteiger charge is -2.12. The van der Waals surface area contributed by atoms with Crippen molar-refractivity contribution in [3.05, 3.63) is 48.0 Å². The van der Waals surface area contributed by atoms with Crippen molar-refractivity contribution in [3.63, 3.8) is 0 Å². The van der Waals surface area contributed by atoms with Crippen molar-refractivity contribution in [2.45, 2.75) is 26.8 Å². The van der Waals surface area contributed by atoms with Gasteiger partial charge in [-0.25, -0.2) is 0 Å². The number of rotatable bonds is 5. The first-order valence-electron chi connectivity index (χ1n) is 8.57. The summed E-state index contributed by atoms with van der Waals surface area (Å²) in [5, 5.41) is 13.5. The van der Waals surface area contributed by atoms with E-state index in [4.69, 9.17) is 4.74 Å². The molecule has 0 fully saturated rings. The molecule has 0 spiro atoms. The molecule has 0 aliphatic heterocycles. The summed E-state index contributed by atoms with van der Waals surface area (Å²) in [7, 11) is 1.64. The van der Waals surface area contributed by atoms with E-state index in [1.165, 1.54) is 6.92 Å². The molecule has 1 heterocycles. The molecule has 5 heteroatoms. The highest BCUT2D eigenvalue weighted by molar-refractivity contribution is 5.96. The molecule has 0 atom stereocenters. The Labute approximate surface area is 152 Å². The molecule has 2 aromatic carbocycles. The van der Waals surface area contributed by atoms with Crippen LogP contribution >= 0.6 is 0 Å². The smallest absolute Gasteiger partial charge is 0.221 e. The molecule has 0 aliphatic rings. The van der Waals surface area contributed by atoms with E-state index in [1.54, 1.807) is 7.11 Å². The first kappa shape index (κ1) is 17.6. The number of fused-ring (bicyclic) bond motifs is 1. The van der Waals surface area contributed by atoms with Crippen molar-refractivity contribution in [2.75, 3.05) is 12.4 Å². The van der Waals surface area contributed by atoms with Crippen LogP contribution in [0.25, 0.3) is 22.2 Å². The molecule has 0 saturated carbocycles. The van der Waals surface area contributed by atoms with Crippen LogP contribution in [0, 0.1) is 11.3 Å². The summed E-state index contributed by atoms with van der Waals surface area (Å²) in [6.07, 6.45) is 0.935. The molecule has 5 nitrogen and oxygen atoms in total. The fourth-order valence-electron chi connectivity index (χ4n) is 3.27. The molecule has 132 valence electrons. The topological polar surface area (TPSA) is 67.0 Å². The largest absolute Gasteiger partial charge is 0.497 e. The molecule has 1 N–H and O–H groups in total. The Morgan fingerprint density at radius 2 is 2.08 bits per heavy atom. The first-order chi connectivity index (χ1) is 12.6. The SMILES string of the molecule is CCCn1c(-c2cccc(NC(C)=O)c2)c(C#N)c2ccc(OC)cc21. The zero-order chi connectivity index (χ0) is 18.7. The molecule has 0 aliphatic carbocycles. The fourth-order valence-corrected chi connectivity index (χ4v) is 3.27. The molecule has 0 unspecified atom stereocenters. The second-order valence-electron chi connectivity index (χ2n) is 6.13. The number of nitrogens with one attached hydrogen (secondary N) is 1. The van der Waals surface area contributed by atoms with Gasteiger partial charge in [-0.2, -0.15) is 5.26 Å². The van der Waals surface area contributed by atoms with Crippen molar-refractivity contribution in [3.8, 4) is 23.1 Å². The number of ether oxygens (including phenoxy) is 1. The Balaban J connectivity index is 2.29. The Hall–Kier alpha value is -3.26. The predicted octanol–water partition coefficient (Wildman–Crippen LogP) is 4.56. The molecule has 3 aromatic rings. The maximum Gasteiger partial charge on any atom is 0.221 e. The van der Waals surface area contributed by atoms with Gasteiger partial charge in [0.15, 0.2) is 0 Å². The number of carbonyl (C=O) groups excluding carboxylic acids is 1. The van der Waals surface area contributed by atoms with Crippen LogP contribution in [-0.4, -0.2) is 17.6 Å². The first-order valence-corrected chi connectivity index (χ1v) is 8.57. The maximum atomic E-state index is 11.4. The minimum absolute atomic E-state index is 0.124. The Kier molecular flexibility index (Phi) is 4.94. The number of hydrogen-bond donors (Lipinski definition) is 1. The molecule has 1 aromatic heterocycles. The summed E-state index contributed by atoms with van der Waals surface area (Å²) in [6, 6.07) is 15.7. The number of hydrogen-bond acceptors (Lipinski definition) is 3. The lowest BCUT2D eigenvalue weighted by Crippen LogP contribution is -2.06. The van der Waals surface area contributed by atoms with Gasteiger partial charge in [0.2, 0.25) is 5.91 Å². The highest BCUT2D eigenvalue weighted by Gasteiger charge is 2.19. The Bertz CT molecular complexity index is 1010. The van der Waals surface area contributed by atoms with E-state index in [-0.39, 0.29) is 5.91 Å². The molecular weight excluding hydrogens is 326 g/mol. The zero-order valence-electron chi connectivity index (χ0n) is 15.2. The number of aryl methyl sites for hydroxylation is 1. The van der Waals surface area contributed by atoms with Crippen LogP contribution in [-0.2, 0) is 11.3 Å². The third-order valence-corrected chi connectivity index (χ3v) is 4.29. The van der Waals surface area contributed by atoms with Gasteiger partial charge in [-0.15, -0.1) is 0 Å². The highest BCUT2D eigenvalue weighted by Crippen LogP contribution is 2.36. The second-order valence-corrected chi connectivity index (χ2v) is 6.13. The minimum Gasteiger partial charge on any atom is -0.497 e. The molecule has 3 rings (SSSR count). The van der Waals surface area contributed by atoms with Crippen molar-refractivity contribution in [1.29, 1.82) is 5.26 Å². The fraction of sp³-hybridized carbons (Fsp3) is 0.238. The van der Waals surface area contributed by atoms with Crippen LogP contribution in [0.2, 0.25) is 0 Å². The lowest BCUT2D eigenvalue weighted by atomic mass is 10.1. The second kappa shape index (κ2) is 7.32. The highest BCUT2D eigenvalue weighted by atomic mass is 16.5. The lowest BCUT2D eigenvalue weighted by molar-refractivity contribution is -0.114. The average molecular weight is 347 g/mol. The number of carbonyl (C=O) groups is 1. The van der Waals surface area contributed by atoms with Gasteiger partial charge in [0.05, 0.1) is 23.9 Å². The summed E-state index contributed by atoms with van der Waals surface area (Å²) >= 11 is 0. The van der Waals surface area contributed by atoms with E-state index in [0.717, 1.165) is 40.9 Å². The monoisotopic (exact) mass is 347 g/mol. The van der Waals surface area contributed by atoms with E-state index in [2.05, 4.69) is 22.9 Å². The molecule has 0 bridgehead atoms. The van der Waals surface area contributed by atoms with Gasteiger partial charge in [0, 0.05) is 36.2 Å². The van der Waals surface area contributed by atoms with Gasteiger partial charge in [-0.1, -0.05) is 19.1 Å². The van der Waals surface area contributed by atoms with Crippen LogP contribution in [0.5, 0.6) is 5.75 Å².